The molecule has 0 aliphatic carbocycles. The lowest BCUT2D eigenvalue weighted by atomic mass is 9.91. The molecule has 1 aliphatic rings. The van der Waals surface area contributed by atoms with Crippen molar-refractivity contribution >= 4 is 32.6 Å². The van der Waals surface area contributed by atoms with E-state index in [4.69, 9.17) is 0 Å². The smallest absolute Gasteiger partial charge is 0.326 e. The Bertz CT molecular complexity index is 2300. The van der Waals surface area contributed by atoms with Gasteiger partial charge in [0.25, 0.3) is 16.4 Å². The van der Waals surface area contributed by atoms with Crippen LogP contribution in [0.15, 0.2) is 89.8 Å². The molecule has 49 heavy (non-hydrogen) atoms. The highest BCUT2D eigenvalue weighted by molar-refractivity contribution is 7.90. The van der Waals surface area contributed by atoms with Crippen molar-refractivity contribution in [1.82, 2.24) is 3.97 Å². The molecule has 248 valence electrons. The molecule has 1 atom stereocenters. The topological polar surface area (TPSA) is 127 Å². The molecule has 0 amide bonds. The number of nitriles is 2. The monoisotopic (exact) mass is 690 g/mol. The van der Waals surface area contributed by atoms with Gasteiger partial charge in [-0.2, -0.15) is 19.3 Å². The number of alkyl halides is 4. The average Bonchev–Trinajstić information content (AvgIpc) is 3.42. The van der Waals surface area contributed by atoms with Crippen molar-refractivity contribution in [3.63, 3.8) is 0 Å². The number of benzene rings is 4. The molecule has 0 spiro atoms. The van der Waals surface area contributed by atoms with Gasteiger partial charge in [-0.1, -0.05) is 30.3 Å². The van der Waals surface area contributed by atoms with Gasteiger partial charge < -0.3 is 10.0 Å². The van der Waals surface area contributed by atoms with Crippen molar-refractivity contribution in [2.45, 2.75) is 30.2 Å². The van der Waals surface area contributed by atoms with E-state index in [0.29, 0.717) is 4.90 Å². The number of anilines is 1. The second-order valence-corrected chi connectivity index (χ2v) is 13.2. The molecular weight excluding hydrogens is 667 g/mol. The molecule has 4 aromatic carbocycles. The van der Waals surface area contributed by atoms with E-state index in [2.05, 4.69) is 0 Å². The third-order valence-electron chi connectivity index (χ3n) is 8.48. The fraction of sp³-hybridized carbons (Fsp3) is 0.171. The predicted molar refractivity (Wildman–Crippen MR) is 169 cm³/mol. The number of nitrogens with zero attached hydrogens (tertiary/aromatic N) is 4. The van der Waals surface area contributed by atoms with Crippen molar-refractivity contribution in [3.8, 4) is 34.5 Å². The molecule has 1 N–H and O–H groups in total. The summed E-state index contributed by atoms with van der Waals surface area (Å²) >= 11 is 0. The largest absolute Gasteiger partial charge is 0.481 e. The molecule has 1 saturated heterocycles. The van der Waals surface area contributed by atoms with Crippen LogP contribution < -0.4 is 4.90 Å². The van der Waals surface area contributed by atoms with Crippen LogP contribution in [-0.4, -0.2) is 36.1 Å². The molecule has 1 unspecified atom stereocenters. The summed E-state index contributed by atoms with van der Waals surface area (Å²) in [6.45, 7) is -0.348. The second-order valence-electron chi connectivity index (χ2n) is 11.4. The van der Waals surface area contributed by atoms with Gasteiger partial charge in [0.1, 0.15) is 5.82 Å². The summed E-state index contributed by atoms with van der Waals surface area (Å²) < 4.78 is 102. The van der Waals surface area contributed by atoms with Crippen LogP contribution in [0.5, 0.6) is 0 Å². The summed E-state index contributed by atoms with van der Waals surface area (Å²) in [4.78, 5) is 11.8. The number of aliphatic carboxylic acids is 1. The SMILES string of the molecule is N#Cc1cccc(C#N)c1-c1c(-c2cccc(N3CCC(C(=O)O)CC3(F)F)c2)n(S(=O)(=O)c2ccc(C(F)F)cc2)c2ccc(F)cc12. The van der Waals surface area contributed by atoms with E-state index in [1.807, 2.05) is 12.1 Å². The van der Waals surface area contributed by atoms with Crippen LogP contribution in [0, 0.1) is 34.4 Å². The minimum absolute atomic E-state index is 0.00433. The minimum Gasteiger partial charge on any atom is -0.481 e. The van der Waals surface area contributed by atoms with E-state index >= 15 is 8.78 Å². The maximum absolute atomic E-state index is 15.4. The van der Waals surface area contributed by atoms with Crippen molar-refractivity contribution in [1.29, 1.82) is 10.5 Å². The zero-order chi connectivity index (χ0) is 35.2. The number of hydrogen-bond donors (Lipinski definition) is 1. The van der Waals surface area contributed by atoms with Crippen LogP contribution >= 0.6 is 0 Å². The summed E-state index contributed by atoms with van der Waals surface area (Å²) in [5, 5.41) is 29.5. The summed E-state index contributed by atoms with van der Waals surface area (Å²) in [6, 6.07) is 16.9. The average molecular weight is 691 g/mol. The first-order valence-electron chi connectivity index (χ1n) is 14.7. The van der Waals surface area contributed by atoms with Crippen molar-refractivity contribution in [3.05, 3.63) is 107 Å². The number of hydrogen-bond acceptors (Lipinski definition) is 6. The molecule has 0 radical (unpaired) electrons. The lowest BCUT2D eigenvalue weighted by molar-refractivity contribution is -0.147. The fourth-order valence-corrected chi connectivity index (χ4v) is 7.75. The standard InChI is InChI=1S/C35H23F5N4O4S/c36-25-9-12-29-28(16-25)31(30-23(18-41)4-1-5-24(30)19-42)32(44(29)49(47,48)27-10-7-20(8-11-27)33(37)38)21-3-2-6-26(15-21)43-14-13-22(34(45)46)17-35(43,39)40/h1-12,15-16,22,33H,13-14,17H2,(H,45,46). The molecule has 6 rings (SSSR count). The molecule has 1 aromatic heterocycles. The Morgan fingerprint density at radius 2 is 1.57 bits per heavy atom. The quantitative estimate of drug-likeness (QED) is 0.136. The Morgan fingerprint density at radius 1 is 0.918 bits per heavy atom. The number of aromatic nitrogens is 1. The molecule has 14 heteroatoms. The number of carboxylic acid groups (broad SMARTS) is 1. The highest BCUT2D eigenvalue weighted by atomic mass is 32.2. The van der Waals surface area contributed by atoms with Gasteiger partial charge in [0.2, 0.25) is 0 Å². The molecular formula is C35H23F5N4O4S. The number of carboxylic acids is 1. The first-order valence-corrected chi connectivity index (χ1v) is 16.1. The first-order chi connectivity index (χ1) is 23.3. The van der Waals surface area contributed by atoms with Crippen molar-refractivity contribution in [2.75, 3.05) is 11.4 Å². The maximum Gasteiger partial charge on any atom is 0.326 e. The minimum atomic E-state index is -4.75. The Morgan fingerprint density at radius 3 is 2.16 bits per heavy atom. The summed E-state index contributed by atoms with van der Waals surface area (Å²) in [6.07, 6.45) is -3.95. The van der Waals surface area contributed by atoms with Crippen molar-refractivity contribution < 1.29 is 40.3 Å². The van der Waals surface area contributed by atoms with Crippen LogP contribution in [0.4, 0.5) is 27.6 Å². The van der Waals surface area contributed by atoms with Crippen LogP contribution in [0.2, 0.25) is 0 Å². The Labute approximate surface area is 276 Å². The third kappa shape index (κ3) is 5.74. The maximum atomic E-state index is 15.4. The van der Waals surface area contributed by atoms with Crippen LogP contribution in [0.3, 0.4) is 0 Å². The number of rotatable bonds is 7. The normalized spacial score (nSPS) is 16.0. The van der Waals surface area contributed by atoms with Gasteiger partial charge in [-0.25, -0.2) is 25.6 Å². The third-order valence-corrected chi connectivity index (χ3v) is 10.2. The number of carbonyl (C=O) groups is 1. The number of piperidine rings is 1. The highest BCUT2D eigenvalue weighted by Gasteiger charge is 2.46. The molecule has 1 aliphatic heterocycles. The molecule has 5 aromatic rings. The fourth-order valence-electron chi connectivity index (χ4n) is 6.21. The van der Waals surface area contributed by atoms with E-state index in [-0.39, 0.29) is 63.1 Å². The molecule has 2 heterocycles. The second kappa shape index (κ2) is 12.4. The van der Waals surface area contributed by atoms with Gasteiger partial charge in [0, 0.05) is 46.3 Å². The van der Waals surface area contributed by atoms with Gasteiger partial charge >= 0.3 is 12.0 Å². The summed E-state index contributed by atoms with van der Waals surface area (Å²) in [5.41, 5.74) is -1.11. The lowest BCUT2D eigenvalue weighted by Gasteiger charge is -2.39. The van der Waals surface area contributed by atoms with Crippen LogP contribution in [-0.2, 0) is 14.8 Å². The molecule has 8 nitrogen and oxygen atoms in total. The van der Waals surface area contributed by atoms with E-state index in [1.54, 1.807) is 0 Å². The van der Waals surface area contributed by atoms with Gasteiger partial charge in [-0.3, -0.25) is 4.79 Å². The lowest BCUT2D eigenvalue weighted by Crippen LogP contribution is -2.49. The van der Waals surface area contributed by atoms with Gasteiger partial charge in [0.15, 0.2) is 0 Å². The van der Waals surface area contributed by atoms with Gasteiger partial charge in [-0.15, -0.1) is 0 Å². The van der Waals surface area contributed by atoms with Crippen molar-refractivity contribution in [2.24, 2.45) is 5.92 Å². The number of halogens is 5. The summed E-state index contributed by atoms with van der Waals surface area (Å²) in [5.74, 6) is -3.43. The Kier molecular flexibility index (Phi) is 8.38. The highest BCUT2D eigenvalue weighted by Crippen LogP contribution is 2.47. The predicted octanol–water partition coefficient (Wildman–Crippen LogP) is 7.93. The Balaban J connectivity index is 1.71. The molecule has 0 saturated carbocycles. The van der Waals surface area contributed by atoms with Crippen LogP contribution in [0.25, 0.3) is 33.3 Å². The molecule has 0 bridgehead atoms. The Hall–Kier alpha value is -5.73. The van der Waals surface area contributed by atoms with E-state index in [1.165, 1.54) is 48.5 Å². The summed E-state index contributed by atoms with van der Waals surface area (Å²) in [7, 11) is -4.75. The van der Waals surface area contributed by atoms with E-state index in [9.17, 15) is 42.0 Å². The number of fused-ring (bicyclic) bond motifs is 1. The van der Waals surface area contributed by atoms with Gasteiger partial charge in [-0.05, 0) is 61.0 Å². The zero-order valence-electron chi connectivity index (χ0n) is 25.1. The van der Waals surface area contributed by atoms with Crippen LogP contribution in [0.1, 0.15) is 36.0 Å². The molecule has 1 fully saturated rings. The van der Waals surface area contributed by atoms with E-state index in [0.717, 1.165) is 40.4 Å². The first kappa shape index (κ1) is 33.2. The van der Waals surface area contributed by atoms with Gasteiger partial charge in [0.05, 0.1) is 45.3 Å². The van der Waals surface area contributed by atoms with E-state index < -0.39 is 57.1 Å². The zero-order valence-corrected chi connectivity index (χ0v) is 25.9.